The van der Waals surface area contributed by atoms with Crippen LogP contribution in [0.15, 0.2) is 34.8 Å². The van der Waals surface area contributed by atoms with Gasteiger partial charge in [0.05, 0.1) is 22.5 Å². The number of benzene rings is 1. The van der Waals surface area contributed by atoms with Crippen LogP contribution in [0.5, 0.6) is 0 Å². The molecule has 2 N–H and O–H groups in total. The summed E-state index contributed by atoms with van der Waals surface area (Å²) in [5, 5.41) is 12.5. The molecule has 0 aromatic heterocycles. The molecule has 2 aliphatic carbocycles. The molecule has 0 unspecified atom stereocenters. The zero-order valence-electron chi connectivity index (χ0n) is 10.9. The van der Waals surface area contributed by atoms with Crippen molar-refractivity contribution in [1.29, 1.82) is 0 Å². The second-order valence-corrected chi connectivity index (χ2v) is 6.77. The monoisotopic (exact) mass is 369 g/mol. The third-order valence-corrected chi connectivity index (χ3v) is 5.04. The number of carbonyl (C=O) groups excluding carboxylic acids is 1. The first kappa shape index (κ1) is 14.6. The van der Waals surface area contributed by atoms with Crippen LogP contribution >= 0.6 is 27.5 Å². The number of carboxylic acid groups (broad SMARTS) is 1. The maximum atomic E-state index is 12.5. The van der Waals surface area contributed by atoms with Crippen molar-refractivity contribution in [2.75, 3.05) is 5.32 Å². The first-order chi connectivity index (χ1) is 9.97. The van der Waals surface area contributed by atoms with Crippen molar-refractivity contribution in [3.8, 4) is 0 Å². The van der Waals surface area contributed by atoms with Crippen molar-refractivity contribution < 1.29 is 14.7 Å². The van der Waals surface area contributed by atoms with E-state index in [0.717, 1.165) is 10.9 Å². The fourth-order valence-corrected chi connectivity index (χ4v) is 4.04. The highest BCUT2D eigenvalue weighted by atomic mass is 79.9. The fourth-order valence-electron chi connectivity index (χ4n) is 3.32. The SMILES string of the molecule is O=C(O)[C@H]1[C@H](C(=O)Nc2ccc(Br)cc2Cl)[C@H]2C=C[C@H]1C2. The van der Waals surface area contributed by atoms with Crippen LogP contribution in [0.25, 0.3) is 0 Å². The molecule has 0 heterocycles. The normalized spacial score (nSPS) is 29.6. The molecule has 2 bridgehead atoms. The summed E-state index contributed by atoms with van der Waals surface area (Å²) < 4.78 is 0.816. The number of anilines is 1. The number of amides is 1. The number of carbonyl (C=O) groups is 2. The Bertz CT molecular complexity index is 646. The number of fused-ring (bicyclic) bond motifs is 2. The van der Waals surface area contributed by atoms with Gasteiger partial charge in [0.25, 0.3) is 0 Å². The van der Waals surface area contributed by atoms with Crippen LogP contribution in [0, 0.1) is 23.7 Å². The molecule has 0 spiro atoms. The van der Waals surface area contributed by atoms with Gasteiger partial charge in [0.15, 0.2) is 0 Å². The van der Waals surface area contributed by atoms with Gasteiger partial charge in [-0.25, -0.2) is 0 Å². The highest BCUT2D eigenvalue weighted by Gasteiger charge is 2.51. The van der Waals surface area contributed by atoms with Gasteiger partial charge in [-0.05, 0) is 36.5 Å². The number of carboxylic acids is 1. The van der Waals surface area contributed by atoms with Crippen LogP contribution in [0.3, 0.4) is 0 Å². The Morgan fingerprint density at radius 3 is 2.52 bits per heavy atom. The zero-order valence-corrected chi connectivity index (χ0v) is 13.3. The molecule has 1 fully saturated rings. The number of halogens is 2. The van der Waals surface area contributed by atoms with E-state index in [4.69, 9.17) is 11.6 Å². The lowest BCUT2D eigenvalue weighted by atomic mass is 9.82. The van der Waals surface area contributed by atoms with E-state index >= 15 is 0 Å². The van der Waals surface area contributed by atoms with E-state index in [-0.39, 0.29) is 17.7 Å². The molecule has 110 valence electrons. The lowest BCUT2D eigenvalue weighted by molar-refractivity contribution is -0.146. The first-order valence-electron chi connectivity index (χ1n) is 6.64. The third kappa shape index (κ3) is 2.60. The summed E-state index contributed by atoms with van der Waals surface area (Å²) in [6.07, 6.45) is 4.61. The van der Waals surface area contributed by atoms with E-state index in [0.29, 0.717) is 10.7 Å². The quantitative estimate of drug-likeness (QED) is 0.800. The average molecular weight is 371 g/mol. The molecule has 4 atom stereocenters. The van der Waals surface area contributed by atoms with E-state index in [9.17, 15) is 14.7 Å². The van der Waals surface area contributed by atoms with Crippen molar-refractivity contribution in [1.82, 2.24) is 0 Å². The van der Waals surface area contributed by atoms with Gasteiger partial charge in [-0.15, -0.1) is 0 Å². The van der Waals surface area contributed by atoms with E-state index in [1.54, 1.807) is 18.2 Å². The van der Waals surface area contributed by atoms with Crippen LogP contribution < -0.4 is 5.32 Å². The van der Waals surface area contributed by atoms with E-state index in [1.165, 1.54) is 0 Å². The van der Waals surface area contributed by atoms with Crippen molar-refractivity contribution in [3.05, 3.63) is 39.8 Å². The van der Waals surface area contributed by atoms with Gasteiger partial charge in [-0.3, -0.25) is 9.59 Å². The van der Waals surface area contributed by atoms with Gasteiger partial charge in [-0.2, -0.15) is 0 Å². The minimum absolute atomic E-state index is 0.00493. The molecule has 0 radical (unpaired) electrons. The van der Waals surface area contributed by atoms with Gasteiger partial charge >= 0.3 is 5.97 Å². The van der Waals surface area contributed by atoms with Crippen LogP contribution in [-0.4, -0.2) is 17.0 Å². The largest absolute Gasteiger partial charge is 0.481 e. The van der Waals surface area contributed by atoms with Crippen molar-refractivity contribution in [3.63, 3.8) is 0 Å². The molecule has 1 aromatic rings. The molecule has 6 heteroatoms. The topological polar surface area (TPSA) is 66.4 Å². The predicted molar refractivity (Wildman–Crippen MR) is 83.1 cm³/mol. The minimum Gasteiger partial charge on any atom is -0.481 e. The predicted octanol–water partition coefficient (Wildman–Crippen LogP) is 3.56. The minimum atomic E-state index is -0.908. The maximum Gasteiger partial charge on any atom is 0.307 e. The molecular weight excluding hydrogens is 358 g/mol. The Hall–Kier alpha value is -1.33. The molecule has 2 aliphatic rings. The molecule has 0 aliphatic heterocycles. The number of hydrogen-bond acceptors (Lipinski definition) is 2. The summed E-state index contributed by atoms with van der Waals surface area (Å²) in [4.78, 5) is 23.9. The summed E-state index contributed by atoms with van der Waals surface area (Å²) in [5.74, 6) is -2.39. The summed E-state index contributed by atoms with van der Waals surface area (Å²) >= 11 is 9.38. The number of aliphatic carboxylic acids is 1. The van der Waals surface area contributed by atoms with Gasteiger partial charge in [0, 0.05) is 4.47 Å². The third-order valence-electron chi connectivity index (χ3n) is 4.24. The average Bonchev–Trinajstić information content (AvgIpc) is 3.02. The molecule has 1 saturated carbocycles. The molecule has 21 heavy (non-hydrogen) atoms. The fraction of sp³-hybridized carbons (Fsp3) is 0.333. The Kier molecular flexibility index (Phi) is 3.80. The summed E-state index contributed by atoms with van der Waals surface area (Å²) in [6.45, 7) is 0. The van der Waals surface area contributed by atoms with E-state index in [2.05, 4.69) is 21.2 Å². The summed E-state index contributed by atoms with van der Waals surface area (Å²) in [7, 11) is 0. The standard InChI is InChI=1S/C15H13BrClNO3/c16-9-3-4-11(10(17)6-9)18-14(19)12-7-1-2-8(5-7)13(12)15(20)21/h1-4,6-8,12-13H,5H2,(H,18,19)(H,20,21)/t7-,8-,12+,13+/m0/s1. The molecule has 4 nitrogen and oxygen atoms in total. The van der Waals surface area contributed by atoms with E-state index < -0.39 is 17.8 Å². The van der Waals surface area contributed by atoms with Gasteiger partial charge < -0.3 is 10.4 Å². The van der Waals surface area contributed by atoms with Crippen LogP contribution in [-0.2, 0) is 9.59 Å². The van der Waals surface area contributed by atoms with Crippen LogP contribution in [0.1, 0.15) is 6.42 Å². The smallest absolute Gasteiger partial charge is 0.307 e. The number of nitrogens with one attached hydrogen (secondary N) is 1. The van der Waals surface area contributed by atoms with Gasteiger partial charge in [0.2, 0.25) is 5.91 Å². The number of rotatable bonds is 3. The summed E-state index contributed by atoms with van der Waals surface area (Å²) in [5.41, 5.74) is 0.501. The molecule has 3 rings (SSSR count). The highest BCUT2D eigenvalue weighted by Crippen LogP contribution is 2.48. The van der Waals surface area contributed by atoms with Crippen molar-refractivity contribution in [2.45, 2.75) is 6.42 Å². The number of hydrogen-bond donors (Lipinski definition) is 2. The second kappa shape index (κ2) is 5.46. The first-order valence-corrected chi connectivity index (χ1v) is 7.81. The van der Waals surface area contributed by atoms with Crippen molar-refractivity contribution in [2.24, 2.45) is 23.7 Å². The van der Waals surface area contributed by atoms with Gasteiger partial charge in [0.1, 0.15) is 0 Å². The lowest BCUT2D eigenvalue weighted by Gasteiger charge is -2.24. The molecule has 1 amide bonds. The lowest BCUT2D eigenvalue weighted by Crippen LogP contribution is -2.36. The second-order valence-electron chi connectivity index (χ2n) is 5.45. The Labute approximate surface area is 135 Å². The molecule has 0 saturated heterocycles. The highest BCUT2D eigenvalue weighted by molar-refractivity contribution is 9.10. The van der Waals surface area contributed by atoms with Gasteiger partial charge in [-0.1, -0.05) is 39.7 Å². The van der Waals surface area contributed by atoms with E-state index in [1.807, 2.05) is 12.2 Å². The number of allylic oxidation sites excluding steroid dienone is 2. The molecule has 1 aromatic carbocycles. The molecular formula is C15H13BrClNO3. The van der Waals surface area contributed by atoms with Crippen molar-refractivity contribution >= 4 is 45.1 Å². The maximum absolute atomic E-state index is 12.5. The Morgan fingerprint density at radius 1 is 1.24 bits per heavy atom. The Morgan fingerprint density at radius 2 is 1.90 bits per heavy atom. The zero-order chi connectivity index (χ0) is 15.1. The van der Waals surface area contributed by atoms with Crippen LogP contribution in [0.2, 0.25) is 5.02 Å². The van der Waals surface area contributed by atoms with Crippen LogP contribution in [0.4, 0.5) is 5.69 Å². The summed E-state index contributed by atoms with van der Waals surface area (Å²) in [6, 6.07) is 5.16. The Balaban J connectivity index is 1.82.